The van der Waals surface area contributed by atoms with Crippen molar-refractivity contribution < 1.29 is 9.47 Å². The first-order valence-electron chi connectivity index (χ1n) is 4.89. The summed E-state index contributed by atoms with van der Waals surface area (Å²) >= 11 is 6.02. The van der Waals surface area contributed by atoms with E-state index in [-0.39, 0.29) is 0 Å². The topological polar surface area (TPSA) is 73.2 Å². The van der Waals surface area contributed by atoms with E-state index >= 15 is 0 Å². The smallest absolute Gasteiger partial charge is 0.180 e. The average Bonchev–Trinajstić information content (AvgIpc) is 2.75. The van der Waals surface area contributed by atoms with Crippen LogP contribution in [0.2, 0.25) is 5.02 Å². The number of ether oxygens (including phenoxy) is 2. The molecule has 1 aromatic heterocycles. The molecule has 0 spiro atoms. The van der Waals surface area contributed by atoms with Crippen LogP contribution < -0.4 is 15.2 Å². The molecule has 1 aromatic carbocycles. The maximum Gasteiger partial charge on any atom is 0.180 e. The standard InChI is InChI=1S/C11H12ClN3O2/c1-16-10-6(8-5-9(13)15-14-8)3-4-7(12)11(10)17-2/h3-5H,1-2H3,(H3,13,14,15). The molecular formula is C11H12ClN3O2. The molecule has 2 aromatic rings. The van der Waals surface area contributed by atoms with Gasteiger partial charge >= 0.3 is 0 Å². The van der Waals surface area contributed by atoms with Crippen molar-refractivity contribution >= 4 is 17.4 Å². The number of H-pyrrole nitrogens is 1. The number of anilines is 1. The van der Waals surface area contributed by atoms with E-state index in [1.165, 1.54) is 7.11 Å². The van der Waals surface area contributed by atoms with Crippen molar-refractivity contribution in [3.05, 3.63) is 23.2 Å². The second kappa shape index (κ2) is 4.55. The van der Waals surface area contributed by atoms with Crippen molar-refractivity contribution in [1.29, 1.82) is 0 Å². The Kier molecular flexibility index (Phi) is 3.10. The zero-order chi connectivity index (χ0) is 12.4. The van der Waals surface area contributed by atoms with Gasteiger partial charge in [-0.1, -0.05) is 11.6 Å². The van der Waals surface area contributed by atoms with Crippen molar-refractivity contribution in [3.63, 3.8) is 0 Å². The van der Waals surface area contributed by atoms with Crippen LogP contribution in [-0.4, -0.2) is 24.4 Å². The van der Waals surface area contributed by atoms with Gasteiger partial charge in [0.05, 0.1) is 24.9 Å². The molecule has 0 aliphatic heterocycles. The predicted octanol–water partition coefficient (Wildman–Crippen LogP) is 2.33. The SMILES string of the molecule is COc1c(Cl)ccc(-c2cc(N)n[nH]2)c1OC. The van der Waals surface area contributed by atoms with Gasteiger partial charge in [0.2, 0.25) is 0 Å². The Balaban J connectivity index is 2.62. The Labute approximate surface area is 103 Å². The zero-order valence-corrected chi connectivity index (χ0v) is 10.2. The number of aromatic amines is 1. The van der Waals surface area contributed by atoms with Crippen molar-refractivity contribution in [2.45, 2.75) is 0 Å². The monoisotopic (exact) mass is 253 g/mol. The third-order valence-electron chi connectivity index (χ3n) is 2.36. The van der Waals surface area contributed by atoms with Gasteiger partial charge in [0.1, 0.15) is 5.82 Å². The number of halogens is 1. The van der Waals surface area contributed by atoms with E-state index in [9.17, 15) is 0 Å². The fraction of sp³-hybridized carbons (Fsp3) is 0.182. The Morgan fingerprint density at radius 3 is 2.47 bits per heavy atom. The number of methoxy groups -OCH3 is 2. The Bertz CT molecular complexity index is 540. The minimum Gasteiger partial charge on any atom is -0.492 e. The van der Waals surface area contributed by atoms with Crippen LogP contribution in [0, 0.1) is 0 Å². The zero-order valence-electron chi connectivity index (χ0n) is 9.45. The van der Waals surface area contributed by atoms with E-state index in [2.05, 4.69) is 10.2 Å². The molecule has 6 heteroatoms. The van der Waals surface area contributed by atoms with E-state index in [1.807, 2.05) is 6.07 Å². The van der Waals surface area contributed by atoms with Gasteiger partial charge < -0.3 is 15.2 Å². The van der Waals surface area contributed by atoms with Gasteiger partial charge in [-0.15, -0.1) is 0 Å². The molecule has 0 fully saturated rings. The summed E-state index contributed by atoms with van der Waals surface area (Å²) in [6, 6.07) is 5.26. The van der Waals surface area contributed by atoms with Crippen LogP contribution in [0.4, 0.5) is 5.82 Å². The third-order valence-corrected chi connectivity index (χ3v) is 2.66. The van der Waals surface area contributed by atoms with Gasteiger partial charge in [-0.25, -0.2) is 0 Å². The van der Waals surface area contributed by atoms with Gasteiger partial charge in [0.15, 0.2) is 11.5 Å². The highest BCUT2D eigenvalue weighted by Gasteiger charge is 2.16. The lowest BCUT2D eigenvalue weighted by atomic mass is 10.1. The molecule has 0 saturated heterocycles. The number of hydrogen-bond acceptors (Lipinski definition) is 4. The van der Waals surface area contributed by atoms with Gasteiger partial charge in [0.25, 0.3) is 0 Å². The summed E-state index contributed by atoms with van der Waals surface area (Å²) < 4.78 is 10.5. The Hall–Kier alpha value is -1.88. The molecule has 0 unspecified atom stereocenters. The third kappa shape index (κ3) is 2.01. The van der Waals surface area contributed by atoms with Crippen LogP contribution in [0.25, 0.3) is 11.3 Å². The quantitative estimate of drug-likeness (QED) is 0.881. The highest BCUT2D eigenvalue weighted by molar-refractivity contribution is 6.32. The second-order valence-corrected chi connectivity index (χ2v) is 3.78. The van der Waals surface area contributed by atoms with Crippen molar-refractivity contribution in [3.8, 4) is 22.8 Å². The lowest BCUT2D eigenvalue weighted by Crippen LogP contribution is -1.94. The van der Waals surface area contributed by atoms with E-state index in [1.54, 1.807) is 19.2 Å². The molecule has 1 heterocycles. The van der Waals surface area contributed by atoms with E-state index in [0.29, 0.717) is 22.3 Å². The molecule has 2 rings (SSSR count). The minimum atomic E-state index is 0.413. The Morgan fingerprint density at radius 2 is 1.94 bits per heavy atom. The molecule has 0 saturated carbocycles. The summed E-state index contributed by atoms with van der Waals surface area (Å²) in [7, 11) is 3.09. The minimum absolute atomic E-state index is 0.413. The van der Waals surface area contributed by atoms with Gasteiger partial charge in [0, 0.05) is 11.6 Å². The van der Waals surface area contributed by atoms with E-state index < -0.39 is 0 Å². The fourth-order valence-corrected chi connectivity index (χ4v) is 1.84. The number of nitrogens with one attached hydrogen (secondary N) is 1. The molecule has 0 aliphatic carbocycles. The molecule has 0 radical (unpaired) electrons. The molecule has 3 N–H and O–H groups in total. The first-order valence-corrected chi connectivity index (χ1v) is 5.27. The van der Waals surface area contributed by atoms with Crippen molar-refractivity contribution in [1.82, 2.24) is 10.2 Å². The average molecular weight is 254 g/mol. The number of aromatic nitrogens is 2. The van der Waals surface area contributed by atoms with Gasteiger partial charge in [-0.05, 0) is 12.1 Å². The van der Waals surface area contributed by atoms with Crippen LogP contribution in [0.15, 0.2) is 18.2 Å². The summed E-state index contributed by atoms with van der Waals surface area (Å²) in [5, 5.41) is 7.17. The number of nitrogens with two attached hydrogens (primary N) is 1. The van der Waals surface area contributed by atoms with Gasteiger partial charge in [-0.2, -0.15) is 5.10 Å². The van der Waals surface area contributed by atoms with Crippen LogP contribution in [0.5, 0.6) is 11.5 Å². The number of benzene rings is 1. The van der Waals surface area contributed by atoms with Crippen molar-refractivity contribution in [2.24, 2.45) is 0 Å². The molecule has 0 atom stereocenters. The largest absolute Gasteiger partial charge is 0.492 e. The lowest BCUT2D eigenvalue weighted by molar-refractivity contribution is 0.356. The molecule has 0 amide bonds. The number of nitrogen functional groups attached to an aromatic ring is 1. The van der Waals surface area contributed by atoms with Crippen LogP contribution in [0.3, 0.4) is 0 Å². The molecule has 0 aliphatic rings. The summed E-state index contributed by atoms with van der Waals surface area (Å²) in [5.41, 5.74) is 7.10. The van der Waals surface area contributed by atoms with Gasteiger partial charge in [-0.3, -0.25) is 5.10 Å². The highest BCUT2D eigenvalue weighted by atomic mass is 35.5. The summed E-state index contributed by atoms with van der Waals surface area (Å²) in [6.07, 6.45) is 0. The normalized spacial score (nSPS) is 10.3. The van der Waals surface area contributed by atoms with Crippen LogP contribution in [0.1, 0.15) is 0 Å². The van der Waals surface area contributed by atoms with Crippen LogP contribution >= 0.6 is 11.6 Å². The number of nitrogens with zero attached hydrogens (tertiary/aromatic N) is 1. The molecule has 0 bridgehead atoms. The first-order chi connectivity index (χ1) is 8.17. The maximum absolute atomic E-state index is 6.02. The molecular weight excluding hydrogens is 242 g/mol. The van der Waals surface area contributed by atoms with E-state index in [0.717, 1.165) is 11.3 Å². The lowest BCUT2D eigenvalue weighted by Gasteiger charge is -2.12. The molecule has 90 valence electrons. The molecule has 5 nitrogen and oxygen atoms in total. The predicted molar refractivity (Wildman–Crippen MR) is 66.6 cm³/mol. The second-order valence-electron chi connectivity index (χ2n) is 3.37. The maximum atomic E-state index is 6.02. The van der Waals surface area contributed by atoms with E-state index in [4.69, 9.17) is 26.8 Å². The fourth-order valence-electron chi connectivity index (χ4n) is 1.62. The number of rotatable bonds is 3. The summed E-state index contributed by atoms with van der Waals surface area (Å²) in [6.45, 7) is 0. The van der Waals surface area contributed by atoms with Crippen molar-refractivity contribution in [2.75, 3.05) is 20.0 Å². The summed E-state index contributed by atoms with van der Waals surface area (Å²) in [4.78, 5) is 0. The molecule has 17 heavy (non-hydrogen) atoms. The summed E-state index contributed by atoms with van der Waals surface area (Å²) in [5.74, 6) is 1.44. The number of hydrogen-bond donors (Lipinski definition) is 2. The highest BCUT2D eigenvalue weighted by Crippen LogP contribution is 2.42. The first kappa shape index (κ1) is 11.6. The Morgan fingerprint density at radius 1 is 1.24 bits per heavy atom. The van der Waals surface area contributed by atoms with Crippen LogP contribution in [-0.2, 0) is 0 Å².